The predicted octanol–water partition coefficient (Wildman–Crippen LogP) is 3.62. The minimum atomic E-state index is -0.430. The summed E-state index contributed by atoms with van der Waals surface area (Å²) in [5.74, 6) is 0. The van der Waals surface area contributed by atoms with Gasteiger partial charge in [-0.15, -0.1) is 0 Å². The number of carbonyl (C=O) groups excluding carboxylic acids is 1. The summed E-state index contributed by atoms with van der Waals surface area (Å²) in [7, 11) is 1.77. The molecule has 0 amide bonds. The number of hydrogen-bond acceptors (Lipinski definition) is 5. The lowest BCUT2D eigenvalue weighted by Gasteiger charge is -2.19. The van der Waals surface area contributed by atoms with Gasteiger partial charge in [-0.25, -0.2) is 9.97 Å². The summed E-state index contributed by atoms with van der Waals surface area (Å²) in [6.45, 7) is 5.77. The minimum Gasteiger partial charge on any atom is -0.380 e. The molecule has 3 heterocycles. The van der Waals surface area contributed by atoms with E-state index in [1.165, 1.54) is 5.69 Å². The van der Waals surface area contributed by atoms with Gasteiger partial charge >= 0.3 is 0 Å². The van der Waals surface area contributed by atoms with Gasteiger partial charge in [-0.1, -0.05) is 26.0 Å². The number of H-pyrrole nitrogens is 1. The van der Waals surface area contributed by atoms with E-state index in [-0.39, 0.29) is 0 Å². The molecule has 0 saturated carbocycles. The largest absolute Gasteiger partial charge is 0.380 e. The Labute approximate surface area is 164 Å². The molecule has 6 nitrogen and oxygen atoms in total. The van der Waals surface area contributed by atoms with Crippen LogP contribution in [0.3, 0.4) is 0 Å². The van der Waals surface area contributed by atoms with Crippen LogP contribution in [-0.2, 0) is 16.0 Å². The van der Waals surface area contributed by atoms with Crippen LogP contribution in [-0.4, -0.2) is 47.5 Å². The third-order valence-corrected chi connectivity index (χ3v) is 5.41. The molecule has 28 heavy (non-hydrogen) atoms. The Morgan fingerprint density at radius 3 is 3.00 bits per heavy atom. The van der Waals surface area contributed by atoms with Crippen molar-refractivity contribution >= 4 is 23.1 Å². The number of benzene rings is 1. The highest BCUT2D eigenvalue weighted by atomic mass is 16.5. The van der Waals surface area contributed by atoms with Gasteiger partial charge in [-0.3, -0.25) is 0 Å². The van der Waals surface area contributed by atoms with Gasteiger partial charge in [0.25, 0.3) is 0 Å². The zero-order valence-corrected chi connectivity index (χ0v) is 16.6. The Morgan fingerprint density at radius 2 is 2.25 bits per heavy atom. The normalized spacial score (nSPS) is 17.4. The molecule has 3 aromatic rings. The number of hydrogen-bond donors (Lipinski definition) is 1. The van der Waals surface area contributed by atoms with Gasteiger partial charge in [0.05, 0.1) is 18.0 Å². The number of aldehydes is 1. The van der Waals surface area contributed by atoms with Gasteiger partial charge in [0.15, 0.2) is 5.65 Å². The van der Waals surface area contributed by atoms with Gasteiger partial charge < -0.3 is 19.4 Å². The van der Waals surface area contributed by atoms with E-state index >= 15 is 0 Å². The molecule has 0 aliphatic carbocycles. The fraction of sp³-hybridized carbons (Fsp3) is 0.409. The van der Waals surface area contributed by atoms with Crippen molar-refractivity contribution in [1.82, 2.24) is 15.0 Å². The van der Waals surface area contributed by atoms with Crippen LogP contribution in [0.15, 0.2) is 36.7 Å². The van der Waals surface area contributed by atoms with Gasteiger partial charge in [-0.05, 0) is 30.5 Å². The second-order valence-corrected chi connectivity index (χ2v) is 8.19. The Hall–Kier alpha value is -2.73. The molecule has 0 spiro atoms. The van der Waals surface area contributed by atoms with E-state index in [0.717, 1.165) is 53.8 Å². The zero-order valence-electron chi connectivity index (χ0n) is 16.6. The molecular formula is C22H26N4O2. The van der Waals surface area contributed by atoms with Crippen molar-refractivity contribution < 1.29 is 9.53 Å². The van der Waals surface area contributed by atoms with Crippen LogP contribution >= 0.6 is 0 Å². The molecule has 2 aromatic heterocycles. The molecule has 1 N–H and O–H groups in total. The first-order valence-corrected chi connectivity index (χ1v) is 9.66. The lowest BCUT2D eigenvalue weighted by molar-refractivity contribution is -0.114. The average molecular weight is 378 g/mol. The summed E-state index contributed by atoms with van der Waals surface area (Å²) in [5.41, 5.74) is 5.21. The Kier molecular flexibility index (Phi) is 4.89. The highest BCUT2D eigenvalue weighted by Crippen LogP contribution is 2.29. The Balaban J connectivity index is 1.66. The average Bonchev–Trinajstić information content (AvgIpc) is 3.35. The quantitative estimate of drug-likeness (QED) is 0.664. The molecule has 1 atom stereocenters. The van der Waals surface area contributed by atoms with Crippen LogP contribution in [0, 0.1) is 5.41 Å². The summed E-state index contributed by atoms with van der Waals surface area (Å²) >= 11 is 0. The topological polar surface area (TPSA) is 71.1 Å². The molecule has 1 unspecified atom stereocenters. The molecule has 1 fully saturated rings. The lowest BCUT2D eigenvalue weighted by atomic mass is 9.88. The summed E-state index contributed by atoms with van der Waals surface area (Å²) < 4.78 is 5.49. The number of methoxy groups -OCH3 is 1. The summed E-state index contributed by atoms with van der Waals surface area (Å²) in [6, 6.07) is 8.41. The fourth-order valence-corrected chi connectivity index (χ4v) is 3.77. The number of aromatic nitrogens is 3. The maximum absolute atomic E-state index is 11.3. The van der Waals surface area contributed by atoms with E-state index < -0.39 is 5.41 Å². The number of carbonyl (C=O) groups is 1. The molecule has 0 radical (unpaired) electrons. The van der Waals surface area contributed by atoms with Crippen LogP contribution in [0.5, 0.6) is 0 Å². The van der Waals surface area contributed by atoms with Crippen molar-refractivity contribution in [2.24, 2.45) is 5.41 Å². The molecular weight excluding hydrogens is 352 g/mol. The van der Waals surface area contributed by atoms with Gasteiger partial charge in [0, 0.05) is 43.1 Å². The molecule has 6 heteroatoms. The highest BCUT2D eigenvalue weighted by Gasteiger charge is 2.23. The number of nitrogens with one attached hydrogen (secondary N) is 1. The molecule has 4 rings (SSSR count). The van der Waals surface area contributed by atoms with Gasteiger partial charge in [-0.2, -0.15) is 0 Å². The lowest BCUT2D eigenvalue weighted by Crippen LogP contribution is -2.22. The Bertz CT molecular complexity index is 995. The van der Waals surface area contributed by atoms with Crippen LogP contribution in [0.2, 0.25) is 0 Å². The van der Waals surface area contributed by atoms with Crippen molar-refractivity contribution in [3.05, 3.63) is 42.2 Å². The first-order valence-electron chi connectivity index (χ1n) is 9.66. The Morgan fingerprint density at radius 1 is 1.39 bits per heavy atom. The molecule has 146 valence electrons. The number of fused-ring (bicyclic) bond motifs is 1. The van der Waals surface area contributed by atoms with Crippen LogP contribution in [0.1, 0.15) is 25.8 Å². The van der Waals surface area contributed by atoms with Crippen molar-refractivity contribution in [2.75, 3.05) is 25.1 Å². The standard InChI is InChI=1S/C22H26N4O2/c1-22(2,14-27)10-16-11-23-21-20(16)25-19(12-24-21)15-5-4-6-17(9-15)26-8-7-18(13-26)28-3/h4-6,9,11-12,14,18H,7-8,10,13H2,1-3H3,(H,23,24). The van der Waals surface area contributed by atoms with Gasteiger partial charge in [0.1, 0.15) is 11.8 Å². The van der Waals surface area contributed by atoms with Crippen LogP contribution in [0.25, 0.3) is 22.4 Å². The van der Waals surface area contributed by atoms with E-state index in [1.807, 2.05) is 20.0 Å². The van der Waals surface area contributed by atoms with Crippen molar-refractivity contribution in [2.45, 2.75) is 32.8 Å². The maximum Gasteiger partial charge on any atom is 0.156 e. The van der Waals surface area contributed by atoms with E-state index in [1.54, 1.807) is 13.3 Å². The monoisotopic (exact) mass is 378 g/mol. The molecule has 1 saturated heterocycles. The van der Waals surface area contributed by atoms with Crippen molar-refractivity contribution in [3.63, 3.8) is 0 Å². The second kappa shape index (κ2) is 7.36. The van der Waals surface area contributed by atoms with Crippen LogP contribution < -0.4 is 4.90 Å². The van der Waals surface area contributed by atoms with Crippen LogP contribution in [0.4, 0.5) is 5.69 Å². The summed E-state index contributed by atoms with van der Waals surface area (Å²) in [6.07, 6.45) is 6.67. The first-order chi connectivity index (χ1) is 13.5. The number of rotatable bonds is 6. The number of aromatic amines is 1. The third-order valence-electron chi connectivity index (χ3n) is 5.41. The molecule has 1 aliphatic heterocycles. The predicted molar refractivity (Wildman–Crippen MR) is 111 cm³/mol. The van der Waals surface area contributed by atoms with E-state index in [2.05, 4.69) is 39.1 Å². The summed E-state index contributed by atoms with van der Waals surface area (Å²) in [4.78, 5) is 26.3. The fourth-order valence-electron chi connectivity index (χ4n) is 3.77. The number of nitrogens with zero attached hydrogens (tertiary/aromatic N) is 3. The second-order valence-electron chi connectivity index (χ2n) is 8.19. The van der Waals surface area contributed by atoms with Gasteiger partial charge in [0.2, 0.25) is 0 Å². The van der Waals surface area contributed by atoms with E-state index in [0.29, 0.717) is 12.5 Å². The number of anilines is 1. The van der Waals surface area contributed by atoms with Crippen molar-refractivity contribution in [3.8, 4) is 11.3 Å². The number of ether oxygens (including phenoxy) is 1. The smallest absolute Gasteiger partial charge is 0.156 e. The van der Waals surface area contributed by atoms with E-state index in [4.69, 9.17) is 9.72 Å². The SMILES string of the molecule is COC1CCN(c2cccc(-c3cnc4[nH]cc(CC(C)(C)C=O)c4n3)c2)C1. The third kappa shape index (κ3) is 3.64. The minimum absolute atomic E-state index is 0.295. The van der Waals surface area contributed by atoms with Crippen molar-refractivity contribution in [1.29, 1.82) is 0 Å². The summed E-state index contributed by atoms with van der Waals surface area (Å²) in [5, 5.41) is 0. The zero-order chi connectivity index (χ0) is 19.7. The molecule has 1 aliphatic rings. The van der Waals surface area contributed by atoms with E-state index in [9.17, 15) is 4.79 Å². The first kappa shape index (κ1) is 18.6. The maximum atomic E-state index is 11.3. The highest BCUT2D eigenvalue weighted by molar-refractivity contribution is 5.79. The molecule has 1 aromatic carbocycles. The molecule has 0 bridgehead atoms.